The third-order valence-corrected chi connectivity index (χ3v) is 6.63. The molecular formula is C17H26O4. The molecule has 0 amide bonds. The first-order valence-electron chi connectivity index (χ1n) is 8.53. The smallest absolute Gasteiger partial charge is 0.310 e. The van der Waals surface area contributed by atoms with Crippen molar-refractivity contribution in [3.8, 4) is 0 Å². The number of carboxylic acid groups (broad SMARTS) is 2. The molecule has 4 nitrogen and oxygen atoms in total. The van der Waals surface area contributed by atoms with Crippen molar-refractivity contribution in [2.45, 2.75) is 64.2 Å². The van der Waals surface area contributed by atoms with Crippen LogP contribution < -0.4 is 0 Å². The van der Waals surface area contributed by atoms with Gasteiger partial charge in [0, 0.05) is 0 Å². The van der Waals surface area contributed by atoms with Gasteiger partial charge in [0.2, 0.25) is 0 Å². The minimum absolute atomic E-state index is 0.154. The maximum absolute atomic E-state index is 12.3. The second-order valence-corrected chi connectivity index (χ2v) is 7.37. The average Bonchev–Trinajstić information content (AvgIpc) is 2.96. The largest absolute Gasteiger partial charge is 0.481 e. The van der Waals surface area contributed by atoms with Crippen molar-refractivity contribution in [2.75, 3.05) is 0 Å². The van der Waals surface area contributed by atoms with Gasteiger partial charge in [-0.1, -0.05) is 38.5 Å². The van der Waals surface area contributed by atoms with E-state index in [-0.39, 0.29) is 11.8 Å². The molecule has 0 aromatic rings. The Morgan fingerprint density at radius 2 is 1.48 bits per heavy atom. The molecule has 0 heterocycles. The standard InChI is InChI=1S/C17H26O4/c18-15(19)12-7-3-9-14(12)17(16(20)21)10-4-6-11-5-1-2-8-13(11)17/h11-14H,1-10H2,(H,18,19)(H,20,21). The molecule has 4 heteroatoms. The van der Waals surface area contributed by atoms with E-state index in [1.807, 2.05) is 0 Å². The van der Waals surface area contributed by atoms with E-state index in [0.29, 0.717) is 18.8 Å². The summed E-state index contributed by atoms with van der Waals surface area (Å²) in [5.74, 6) is -1.37. The monoisotopic (exact) mass is 294 g/mol. The highest BCUT2D eigenvalue weighted by atomic mass is 16.4. The summed E-state index contributed by atoms with van der Waals surface area (Å²) in [6.45, 7) is 0. The highest BCUT2D eigenvalue weighted by Crippen LogP contribution is 2.59. The van der Waals surface area contributed by atoms with Crippen LogP contribution in [0.1, 0.15) is 64.2 Å². The fourth-order valence-corrected chi connectivity index (χ4v) is 5.83. The lowest BCUT2D eigenvalue weighted by Crippen LogP contribution is -2.52. The Hall–Kier alpha value is -1.06. The second kappa shape index (κ2) is 5.62. The van der Waals surface area contributed by atoms with Gasteiger partial charge in [0.05, 0.1) is 11.3 Å². The molecule has 118 valence electrons. The van der Waals surface area contributed by atoms with E-state index in [4.69, 9.17) is 0 Å². The van der Waals surface area contributed by atoms with Gasteiger partial charge in [-0.3, -0.25) is 9.59 Å². The lowest BCUT2D eigenvalue weighted by molar-refractivity contribution is -0.170. The summed E-state index contributed by atoms with van der Waals surface area (Å²) >= 11 is 0. The molecule has 0 aliphatic heterocycles. The summed E-state index contributed by atoms with van der Waals surface area (Å²) < 4.78 is 0. The molecule has 0 saturated heterocycles. The number of aliphatic carboxylic acids is 2. The van der Waals surface area contributed by atoms with Gasteiger partial charge < -0.3 is 10.2 Å². The van der Waals surface area contributed by atoms with Crippen LogP contribution in [0.4, 0.5) is 0 Å². The highest BCUT2D eigenvalue weighted by molar-refractivity contribution is 5.78. The maximum atomic E-state index is 12.3. The predicted octanol–water partition coefficient (Wildman–Crippen LogP) is 3.55. The van der Waals surface area contributed by atoms with Crippen molar-refractivity contribution in [2.24, 2.45) is 29.1 Å². The van der Waals surface area contributed by atoms with Crippen LogP contribution in [-0.2, 0) is 9.59 Å². The molecule has 21 heavy (non-hydrogen) atoms. The molecule has 0 radical (unpaired) electrons. The molecule has 3 aliphatic rings. The van der Waals surface area contributed by atoms with Crippen molar-refractivity contribution < 1.29 is 19.8 Å². The summed E-state index contributed by atoms with van der Waals surface area (Å²) in [6.07, 6.45) is 9.56. The first-order valence-corrected chi connectivity index (χ1v) is 8.53. The Morgan fingerprint density at radius 1 is 0.810 bits per heavy atom. The fourth-order valence-electron chi connectivity index (χ4n) is 5.83. The molecule has 3 fully saturated rings. The van der Waals surface area contributed by atoms with Crippen LogP contribution in [-0.4, -0.2) is 22.2 Å². The molecule has 3 rings (SSSR count). The van der Waals surface area contributed by atoms with Crippen molar-refractivity contribution in [3.05, 3.63) is 0 Å². The number of hydrogen-bond acceptors (Lipinski definition) is 2. The third-order valence-electron chi connectivity index (χ3n) is 6.63. The molecule has 0 bridgehead atoms. The summed E-state index contributed by atoms with van der Waals surface area (Å²) in [5.41, 5.74) is -0.761. The molecule has 5 unspecified atom stereocenters. The van der Waals surface area contributed by atoms with Gasteiger partial charge in [-0.15, -0.1) is 0 Å². The van der Waals surface area contributed by atoms with E-state index in [2.05, 4.69) is 0 Å². The minimum Gasteiger partial charge on any atom is -0.481 e. The molecule has 3 aliphatic carbocycles. The van der Waals surface area contributed by atoms with Gasteiger partial charge in [-0.2, -0.15) is 0 Å². The Labute approximate surface area is 125 Å². The van der Waals surface area contributed by atoms with Crippen LogP contribution in [0.5, 0.6) is 0 Å². The number of fused-ring (bicyclic) bond motifs is 1. The first-order chi connectivity index (χ1) is 10.1. The normalized spacial score (nSPS) is 43.2. The molecule has 0 spiro atoms. The van der Waals surface area contributed by atoms with Gasteiger partial charge in [-0.05, 0) is 43.4 Å². The lowest BCUT2D eigenvalue weighted by atomic mass is 9.51. The summed E-state index contributed by atoms with van der Waals surface area (Å²) in [7, 11) is 0. The van der Waals surface area contributed by atoms with Gasteiger partial charge in [0.25, 0.3) is 0 Å². The number of hydrogen-bond donors (Lipinski definition) is 2. The van der Waals surface area contributed by atoms with Crippen LogP contribution in [0.3, 0.4) is 0 Å². The van der Waals surface area contributed by atoms with E-state index >= 15 is 0 Å². The van der Waals surface area contributed by atoms with Crippen molar-refractivity contribution >= 4 is 11.9 Å². The van der Waals surface area contributed by atoms with E-state index in [0.717, 1.165) is 44.9 Å². The van der Waals surface area contributed by atoms with Crippen LogP contribution >= 0.6 is 0 Å². The Kier molecular flexibility index (Phi) is 3.98. The summed E-state index contributed by atoms with van der Waals surface area (Å²) in [6, 6.07) is 0. The molecule has 0 aromatic heterocycles. The average molecular weight is 294 g/mol. The van der Waals surface area contributed by atoms with E-state index in [1.165, 1.54) is 6.42 Å². The van der Waals surface area contributed by atoms with Gasteiger partial charge in [0.15, 0.2) is 0 Å². The molecule has 5 atom stereocenters. The zero-order valence-corrected chi connectivity index (χ0v) is 12.6. The van der Waals surface area contributed by atoms with Crippen LogP contribution in [0.15, 0.2) is 0 Å². The zero-order chi connectivity index (χ0) is 15.0. The van der Waals surface area contributed by atoms with E-state index < -0.39 is 23.3 Å². The van der Waals surface area contributed by atoms with Crippen LogP contribution in [0.2, 0.25) is 0 Å². The summed E-state index contributed by atoms with van der Waals surface area (Å²) in [4.78, 5) is 23.9. The number of carboxylic acids is 2. The highest BCUT2D eigenvalue weighted by Gasteiger charge is 2.59. The SMILES string of the molecule is O=C(O)C1CCCC1C1(C(=O)O)CCCC2CCCCC21. The minimum atomic E-state index is -0.781. The molecule has 0 aromatic carbocycles. The number of rotatable bonds is 3. The van der Waals surface area contributed by atoms with Crippen LogP contribution in [0, 0.1) is 29.1 Å². The van der Waals surface area contributed by atoms with Gasteiger partial charge >= 0.3 is 11.9 Å². The quantitative estimate of drug-likeness (QED) is 0.834. The van der Waals surface area contributed by atoms with Crippen molar-refractivity contribution in [3.63, 3.8) is 0 Å². The molecular weight excluding hydrogens is 268 g/mol. The van der Waals surface area contributed by atoms with Crippen molar-refractivity contribution in [1.82, 2.24) is 0 Å². The topological polar surface area (TPSA) is 74.6 Å². The summed E-state index contributed by atoms with van der Waals surface area (Å²) in [5, 5.41) is 19.6. The fraction of sp³-hybridized carbons (Fsp3) is 0.882. The lowest BCUT2D eigenvalue weighted by Gasteiger charge is -2.51. The zero-order valence-electron chi connectivity index (χ0n) is 12.6. The third kappa shape index (κ3) is 2.27. The molecule has 2 N–H and O–H groups in total. The Bertz CT molecular complexity index is 431. The van der Waals surface area contributed by atoms with E-state index in [9.17, 15) is 19.8 Å². The van der Waals surface area contributed by atoms with Crippen molar-refractivity contribution in [1.29, 1.82) is 0 Å². The van der Waals surface area contributed by atoms with E-state index in [1.54, 1.807) is 0 Å². The second-order valence-electron chi connectivity index (χ2n) is 7.37. The van der Waals surface area contributed by atoms with Gasteiger partial charge in [-0.25, -0.2) is 0 Å². The molecule has 3 saturated carbocycles. The maximum Gasteiger partial charge on any atom is 0.310 e. The Morgan fingerprint density at radius 3 is 2.19 bits per heavy atom. The predicted molar refractivity (Wildman–Crippen MR) is 77.8 cm³/mol. The van der Waals surface area contributed by atoms with Crippen LogP contribution in [0.25, 0.3) is 0 Å². The first kappa shape index (κ1) is 14.9. The number of carbonyl (C=O) groups is 2. The Balaban J connectivity index is 1.98. The van der Waals surface area contributed by atoms with Gasteiger partial charge in [0.1, 0.15) is 0 Å².